The molecule has 1 saturated heterocycles. The standard InChI is InChI=1S/C15H28N2O/c1-17-12-11-14(9-10-15(17)18)16-13-7-5-3-2-4-6-8-13/h13-14,16H,2-12H2,1H3. The summed E-state index contributed by atoms with van der Waals surface area (Å²) >= 11 is 0. The third kappa shape index (κ3) is 4.27. The number of amides is 1. The summed E-state index contributed by atoms with van der Waals surface area (Å²) in [7, 11) is 1.93. The molecule has 1 amide bonds. The highest BCUT2D eigenvalue weighted by Gasteiger charge is 2.22. The van der Waals surface area contributed by atoms with E-state index in [0.717, 1.165) is 25.8 Å². The minimum absolute atomic E-state index is 0.317. The maximum absolute atomic E-state index is 11.7. The van der Waals surface area contributed by atoms with Crippen LogP contribution in [0.3, 0.4) is 0 Å². The zero-order chi connectivity index (χ0) is 12.8. The number of rotatable bonds is 2. The second-order valence-electron chi connectivity index (χ2n) is 6.05. The normalized spacial score (nSPS) is 28.6. The smallest absolute Gasteiger partial charge is 0.222 e. The molecule has 0 aromatic rings. The summed E-state index contributed by atoms with van der Waals surface area (Å²) in [6.07, 6.45) is 12.5. The van der Waals surface area contributed by atoms with Gasteiger partial charge in [0.1, 0.15) is 0 Å². The molecule has 1 saturated carbocycles. The van der Waals surface area contributed by atoms with Gasteiger partial charge in [-0.05, 0) is 25.7 Å². The van der Waals surface area contributed by atoms with Crippen LogP contribution in [0.1, 0.15) is 64.2 Å². The van der Waals surface area contributed by atoms with Gasteiger partial charge < -0.3 is 10.2 Å². The van der Waals surface area contributed by atoms with Gasteiger partial charge in [0.05, 0.1) is 0 Å². The maximum Gasteiger partial charge on any atom is 0.222 e. The average molecular weight is 252 g/mol. The van der Waals surface area contributed by atoms with Gasteiger partial charge in [0.2, 0.25) is 5.91 Å². The predicted octanol–water partition coefficient (Wildman–Crippen LogP) is 2.70. The SMILES string of the molecule is CN1CCC(NC2CCCCCCC2)CCC1=O. The summed E-state index contributed by atoms with van der Waals surface area (Å²) in [5.74, 6) is 0.317. The first-order valence-electron chi connectivity index (χ1n) is 7.76. The van der Waals surface area contributed by atoms with Crippen LogP contribution in [-0.2, 0) is 4.79 Å². The van der Waals surface area contributed by atoms with Gasteiger partial charge in [-0.2, -0.15) is 0 Å². The fourth-order valence-corrected chi connectivity index (χ4v) is 3.23. The number of carbonyl (C=O) groups excluding carboxylic acids is 1. The van der Waals surface area contributed by atoms with Crippen molar-refractivity contribution in [2.24, 2.45) is 0 Å². The van der Waals surface area contributed by atoms with Crippen molar-refractivity contribution in [3.05, 3.63) is 0 Å². The molecule has 1 N–H and O–H groups in total. The molecule has 3 nitrogen and oxygen atoms in total. The summed E-state index contributed by atoms with van der Waals surface area (Å²) in [5, 5.41) is 3.83. The Morgan fingerprint density at radius 2 is 1.56 bits per heavy atom. The summed E-state index contributed by atoms with van der Waals surface area (Å²) < 4.78 is 0. The van der Waals surface area contributed by atoms with Gasteiger partial charge in [0.15, 0.2) is 0 Å². The molecule has 1 unspecified atom stereocenters. The summed E-state index contributed by atoms with van der Waals surface area (Å²) in [4.78, 5) is 13.5. The van der Waals surface area contributed by atoms with Crippen LogP contribution < -0.4 is 5.32 Å². The van der Waals surface area contributed by atoms with Crippen LogP contribution in [0.15, 0.2) is 0 Å². The van der Waals surface area contributed by atoms with Crippen LogP contribution in [0.4, 0.5) is 0 Å². The lowest BCUT2D eigenvalue weighted by atomic mass is 9.95. The molecule has 0 radical (unpaired) electrons. The molecule has 1 heterocycles. The van der Waals surface area contributed by atoms with E-state index in [9.17, 15) is 4.79 Å². The van der Waals surface area contributed by atoms with Crippen molar-refractivity contribution in [2.75, 3.05) is 13.6 Å². The molecule has 2 aliphatic rings. The van der Waals surface area contributed by atoms with Gasteiger partial charge in [0, 0.05) is 32.1 Å². The topological polar surface area (TPSA) is 32.3 Å². The summed E-state index contributed by atoms with van der Waals surface area (Å²) in [6, 6.07) is 1.26. The van der Waals surface area contributed by atoms with E-state index in [1.807, 2.05) is 11.9 Å². The molecule has 1 aliphatic heterocycles. The lowest BCUT2D eigenvalue weighted by Crippen LogP contribution is -2.39. The molecule has 2 rings (SSSR count). The van der Waals surface area contributed by atoms with Crippen LogP contribution in [0, 0.1) is 0 Å². The van der Waals surface area contributed by atoms with Crippen molar-refractivity contribution in [3.63, 3.8) is 0 Å². The van der Waals surface area contributed by atoms with Crippen molar-refractivity contribution in [2.45, 2.75) is 76.3 Å². The second-order valence-corrected chi connectivity index (χ2v) is 6.05. The lowest BCUT2D eigenvalue weighted by Gasteiger charge is -2.26. The van der Waals surface area contributed by atoms with Gasteiger partial charge >= 0.3 is 0 Å². The Kier molecular flexibility index (Phi) is 5.48. The minimum atomic E-state index is 0.317. The van der Waals surface area contributed by atoms with Crippen LogP contribution in [-0.4, -0.2) is 36.5 Å². The molecule has 3 heteroatoms. The molecule has 0 spiro atoms. The average Bonchev–Trinajstić information content (AvgIpc) is 2.48. The fraction of sp³-hybridized carbons (Fsp3) is 0.933. The molecule has 0 aromatic carbocycles. The van der Waals surface area contributed by atoms with E-state index in [-0.39, 0.29) is 0 Å². The number of hydrogen-bond acceptors (Lipinski definition) is 2. The molecule has 0 bridgehead atoms. The van der Waals surface area contributed by atoms with Crippen LogP contribution in [0.25, 0.3) is 0 Å². The monoisotopic (exact) mass is 252 g/mol. The van der Waals surface area contributed by atoms with Crippen molar-refractivity contribution >= 4 is 5.91 Å². The number of hydrogen-bond donors (Lipinski definition) is 1. The number of likely N-dealkylation sites (tertiary alicyclic amines) is 1. The molecule has 1 atom stereocenters. The predicted molar refractivity (Wildman–Crippen MR) is 74.5 cm³/mol. The Morgan fingerprint density at radius 3 is 2.28 bits per heavy atom. The fourth-order valence-electron chi connectivity index (χ4n) is 3.23. The Bertz CT molecular complexity index is 259. The number of nitrogens with one attached hydrogen (secondary N) is 1. The molecule has 18 heavy (non-hydrogen) atoms. The third-order valence-electron chi connectivity index (χ3n) is 4.52. The van der Waals surface area contributed by atoms with Gasteiger partial charge in [-0.25, -0.2) is 0 Å². The van der Waals surface area contributed by atoms with E-state index in [2.05, 4.69) is 5.32 Å². The van der Waals surface area contributed by atoms with Gasteiger partial charge in [0.25, 0.3) is 0 Å². The first kappa shape index (κ1) is 13.9. The van der Waals surface area contributed by atoms with E-state index < -0.39 is 0 Å². The lowest BCUT2D eigenvalue weighted by molar-refractivity contribution is -0.129. The first-order chi connectivity index (χ1) is 8.75. The zero-order valence-electron chi connectivity index (χ0n) is 11.8. The Labute approximate surface area is 111 Å². The number of nitrogens with zero attached hydrogens (tertiary/aromatic N) is 1. The molecule has 0 aromatic heterocycles. The highest BCUT2D eigenvalue weighted by Crippen LogP contribution is 2.19. The Balaban J connectivity index is 1.78. The third-order valence-corrected chi connectivity index (χ3v) is 4.52. The van der Waals surface area contributed by atoms with Crippen molar-refractivity contribution in [3.8, 4) is 0 Å². The maximum atomic E-state index is 11.7. The molecule has 2 fully saturated rings. The zero-order valence-corrected chi connectivity index (χ0v) is 11.8. The van der Waals surface area contributed by atoms with Crippen LogP contribution in [0.2, 0.25) is 0 Å². The van der Waals surface area contributed by atoms with Gasteiger partial charge in [-0.15, -0.1) is 0 Å². The molecular weight excluding hydrogens is 224 g/mol. The van der Waals surface area contributed by atoms with Crippen molar-refractivity contribution < 1.29 is 4.79 Å². The highest BCUT2D eigenvalue weighted by atomic mass is 16.2. The Hall–Kier alpha value is -0.570. The van der Waals surface area contributed by atoms with E-state index in [0.29, 0.717) is 18.0 Å². The largest absolute Gasteiger partial charge is 0.346 e. The van der Waals surface area contributed by atoms with Gasteiger partial charge in [-0.1, -0.05) is 32.1 Å². The van der Waals surface area contributed by atoms with Crippen LogP contribution >= 0.6 is 0 Å². The van der Waals surface area contributed by atoms with E-state index in [4.69, 9.17) is 0 Å². The second kappa shape index (κ2) is 7.13. The van der Waals surface area contributed by atoms with Gasteiger partial charge in [-0.3, -0.25) is 4.79 Å². The van der Waals surface area contributed by atoms with E-state index in [1.165, 1.54) is 44.9 Å². The summed E-state index contributed by atoms with van der Waals surface area (Å²) in [6.45, 7) is 0.920. The van der Waals surface area contributed by atoms with Crippen molar-refractivity contribution in [1.82, 2.24) is 10.2 Å². The highest BCUT2D eigenvalue weighted by molar-refractivity contribution is 5.76. The summed E-state index contributed by atoms with van der Waals surface area (Å²) in [5.41, 5.74) is 0. The minimum Gasteiger partial charge on any atom is -0.346 e. The van der Waals surface area contributed by atoms with Crippen molar-refractivity contribution in [1.29, 1.82) is 0 Å². The quantitative estimate of drug-likeness (QED) is 0.819. The molecular formula is C15H28N2O. The first-order valence-corrected chi connectivity index (χ1v) is 7.76. The van der Waals surface area contributed by atoms with E-state index >= 15 is 0 Å². The number of carbonyl (C=O) groups is 1. The Morgan fingerprint density at radius 1 is 0.944 bits per heavy atom. The molecule has 1 aliphatic carbocycles. The van der Waals surface area contributed by atoms with Crippen LogP contribution in [0.5, 0.6) is 0 Å². The van der Waals surface area contributed by atoms with E-state index in [1.54, 1.807) is 0 Å². The molecule has 104 valence electrons.